The summed E-state index contributed by atoms with van der Waals surface area (Å²) >= 11 is 0. The van der Waals surface area contributed by atoms with E-state index >= 15 is 0 Å². The molecule has 0 saturated carbocycles. The summed E-state index contributed by atoms with van der Waals surface area (Å²) in [5.41, 5.74) is -0.443. The number of esters is 1. The first-order chi connectivity index (χ1) is 13.0. The van der Waals surface area contributed by atoms with Crippen LogP contribution in [0.3, 0.4) is 0 Å². The maximum Gasteiger partial charge on any atom is 0.338 e. The molecule has 1 atom stereocenters. The van der Waals surface area contributed by atoms with E-state index in [0.717, 1.165) is 0 Å². The average Bonchev–Trinajstić information content (AvgIpc) is 3.12. The number of ether oxygens (including phenoxy) is 1. The van der Waals surface area contributed by atoms with E-state index in [2.05, 4.69) is 10.0 Å². The quantitative estimate of drug-likeness (QED) is 0.679. The molecule has 0 bridgehead atoms. The maximum atomic E-state index is 12.4. The predicted molar refractivity (Wildman–Crippen MR) is 102 cm³/mol. The van der Waals surface area contributed by atoms with Crippen molar-refractivity contribution in [2.75, 3.05) is 0 Å². The van der Waals surface area contributed by atoms with Gasteiger partial charge in [-0.15, -0.1) is 0 Å². The van der Waals surface area contributed by atoms with Gasteiger partial charge in [0.2, 0.25) is 10.0 Å². The summed E-state index contributed by atoms with van der Waals surface area (Å²) in [6.07, 6.45) is 0.418. The fraction of sp³-hybridized carbons (Fsp3) is 0.368. The number of furan rings is 1. The number of hydrogen-bond acceptors (Lipinski definition) is 6. The van der Waals surface area contributed by atoms with Crippen molar-refractivity contribution in [1.29, 1.82) is 0 Å². The summed E-state index contributed by atoms with van der Waals surface area (Å²) in [6.45, 7) is 6.86. The highest BCUT2D eigenvalue weighted by Crippen LogP contribution is 2.14. The normalized spacial score (nSPS) is 13.0. The van der Waals surface area contributed by atoms with Crippen LogP contribution in [0.25, 0.3) is 0 Å². The Morgan fingerprint density at radius 3 is 2.50 bits per heavy atom. The number of amides is 1. The lowest BCUT2D eigenvalue weighted by Crippen LogP contribution is -2.46. The van der Waals surface area contributed by atoms with Crippen molar-refractivity contribution in [2.24, 2.45) is 0 Å². The van der Waals surface area contributed by atoms with Crippen LogP contribution in [-0.2, 0) is 26.1 Å². The highest BCUT2D eigenvalue weighted by molar-refractivity contribution is 7.89. The van der Waals surface area contributed by atoms with Gasteiger partial charge < -0.3 is 14.5 Å². The molecule has 0 fully saturated rings. The molecule has 2 N–H and O–H groups in total. The van der Waals surface area contributed by atoms with Crippen LogP contribution in [-0.4, -0.2) is 31.9 Å². The molecule has 0 unspecified atom stereocenters. The minimum Gasteiger partial charge on any atom is -0.468 e. The molecule has 0 aliphatic heterocycles. The Kier molecular flexibility index (Phi) is 6.63. The second kappa shape index (κ2) is 8.57. The standard InChI is InChI=1S/C19H24N2O6S/c1-13(17(22)21-19(2,3)4)27-18(23)14-7-5-9-16(11-14)28(24,25)20-12-15-8-6-10-26-15/h5-11,13,20H,12H2,1-4H3,(H,21,22)/t13-/m0/s1. The topological polar surface area (TPSA) is 115 Å². The summed E-state index contributed by atoms with van der Waals surface area (Å²) in [4.78, 5) is 24.3. The zero-order valence-electron chi connectivity index (χ0n) is 16.2. The third kappa shape index (κ3) is 6.21. The lowest BCUT2D eigenvalue weighted by molar-refractivity contribution is -0.130. The van der Waals surface area contributed by atoms with Crippen molar-refractivity contribution in [2.45, 2.75) is 50.8 Å². The summed E-state index contributed by atoms with van der Waals surface area (Å²) in [6, 6.07) is 8.69. The highest BCUT2D eigenvalue weighted by atomic mass is 32.2. The third-order valence-corrected chi connectivity index (χ3v) is 4.95. The highest BCUT2D eigenvalue weighted by Gasteiger charge is 2.24. The van der Waals surface area contributed by atoms with E-state index in [1.807, 2.05) is 20.8 Å². The molecule has 0 radical (unpaired) electrons. The van der Waals surface area contributed by atoms with Gasteiger partial charge in [0, 0.05) is 5.54 Å². The zero-order valence-corrected chi connectivity index (χ0v) is 17.0. The molecule has 1 aromatic heterocycles. The number of hydrogen-bond donors (Lipinski definition) is 2. The Labute approximate surface area is 164 Å². The SMILES string of the molecule is C[C@H](OC(=O)c1cccc(S(=O)(=O)NCc2ccco2)c1)C(=O)NC(C)(C)C. The van der Waals surface area contributed by atoms with Gasteiger partial charge in [0.15, 0.2) is 6.10 Å². The van der Waals surface area contributed by atoms with Crippen molar-refractivity contribution < 1.29 is 27.2 Å². The van der Waals surface area contributed by atoms with Gasteiger partial charge in [-0.3, -0.25) is 4.79 Å². The number of sulfonamides is 1. The van der Waals surface area contributed by atoms with Crippen molar-refractivity contribution >= 4 is 21.9 Å². The first-order valence-electron chi connectivity index (χ1n) is 8.63. The Bertz CT molecular complexity index is 930. The summed E-state index contributed by atoms with van der Waals surface area (Å²) in [5, 5.41) is 2.71. The van der Waals surface area contributed by atoms with Crippen LogP contribution in [0.2, 0.25) is 0 Å². The summed E-state index contributed by atoms with van der Waals surface area (Å²) in [7, 11) is -3.86. The molecule has 0 saturated heterocycles. The molecule has 0 spiro atoms. The number of rotatable bonds is 7. The van der Waals surface area contributed by atoms with Crippen LogP contribution < -0.4 is 10.0 Å². The lowest BCUT2D eigenvalue weighted by Gasteiger charge is -2.23. The third-order valence-electron chi connectivity index (χ3n) is 3.55. The van der Waals surface area contributed by atoms with Crippen LogP contribution >= 0.6 is 0 Å². The first kappa shape index (κ1) is 21.6. The van der Waals surface area contributed by atoms with Gasteiger partial charge in [0.25, 0.3) is 5.91 Å². The van der Waals surface area contributed by atoms with Gasteiger partial charge >= 0.3 is 5.97 Å². The Balaban J connectivity index is 2.07. The van der Waals surface area contributed by atoms with Gasteiger partial charge in [-0.25, -0.2) is 17.9 Å². The number of nitrogens with one attached hydrogen (secondary N) is 2. The van der Waals surface area contributed by atoms with Crippen molar-refractivity contribution in [3.8, 4) is 0 Å². The molecular formula is C19H24N2O6S. The van der Waals surface area contributed by atoms with Crippen molar-refractivity contribution in [1.82, 2.24) is 10.0 Å². The van der Waals surface area contributed by atoms with Crippen LogP contribution in [0.4, 0.5) is 0 Å². The van der Waals surface area contributed by atoms with E-state index < -0.39 is 33.5 Å². The van der Waals surface area contributed by atoms with E-state index in [1.54, 1.807) is 12.1 Å². The largest absolute Gasteiger partial charge is 0.468 e. The van der Waals surface area contributed by atoms with Gasteiger partial charge in [0.05, 0.1) is 23.3 Å². The number of carbonyl (C=O) groups is 2. The zero-order chi connectivity index (χ0) is 20.9. The molecule has 1 amide bonds. The van der Waals surface area contributed by atoms with E-state index in [1.165, 1.54) is 37.5 Å². The Hall–Kier alpha value is -2.65. The fourth-order valence-electron chi connectivity index (χ4n) is 2.21. The van der Waals surface area contributed by atoms with Crippen LogP contribution in [0.1, 0.15) is 43.8 Å². The van der Waals surface area contributed by atoms with Crippen LogP contribution in [0, 0.1) is 0 Å². The number of benzene rings is 1. The number of carbonyl (C=O) groups excluding carboxylic acids is 2. The van der Waals surface area contributed by atoms with Gasteiger partial charge in [-0.05, 0) is 58.0 Å². The monoisotopic (exact) mass is 408 g/mol. The molecule has 152 valence electrons. The average molecular weight is 408 g/mol. The van der Waals surface area contributed by atoms with Gasteiger partial charge in [0.1, 0.15) is 5.76 Å². The minimum atomic E-state index is -3.86. The molecule has 8 nitrogen and oxygen atoms in total. The van der Waals surface area contributed by atoms with E-state index in [4.69, 9.17) is 9.15 Å². The Morgan fingerprint density at radius 2 is 1.89 bits per heavy atom. The first-order valence-corrected chi connectivity index (χ1v) is 10.1. The second-order valence-corrected chi connectivity index (χ2v) is 8.99. The predicted octanol–water partition coefficient (Wildman–Crippen LogP) is 2.22. The maximum absolute atomic E-state index is 12.4. The summed E-state index contributed by atoms with van der Waals surface area (Å²) < 4.78 is 37.5. The minimum absolute atomic E-state index is 0.0198. The molecule has 28 heavy (non-hydrogen) atoms. The van der Waals surface area contributed by atoms with Crippen LogP contribution in [0.15, 0.2) is 52.0 Å². The van der Waals surface area contributed by atoms with Crippen molar-refractivity contribution in [3.05, 3.63) is 54.0 Å². The van der Waals surface area contributed by atoms with Gasteiger partial charge in [-0.2, -0.15) is 0 Å². The van der Waals surface area contributed by atoms with Gasteiger partial charge in [-0.1, -0.05) is 6.07 Å². The molecule has 1 aromatic carbocycles. The molecule has 2 aromatic rings. The van der Waals surface area contributed by atoms with Crippen LogP contribution in [0.5, 0.6) is 0 Å². The summed E-state index contributed by atoms with van der Waals surface area (Å²) in [5.74, 6) is -0.776. The molecule has 0 aliphatic rings. The molecular weight excluding hydrogens is 384 g/mol. The van der Waals surface area contributed by atoms with E-state index in [9.17, 15) is 18.0 Å². The fourth-order valence-corrected chi connectivity index (χ4v) is 3.24. The van der Waals surface area contributed by atoms with E-state index in [-0.39, 0.29) is 17.0 Å². The lowest BCUT2D eigenvalue weighted by atomic mass is 10.1. The molecule has 0 aliphatic carbocycles. The second-order valence-electron chi connectivity index (χ2n) is 7.22. The molecule has 9 heteroatoms. The Morgan fingerprint density at radius 1 is 1.18 bits per heavy atom. The molecule has 2 rings (SSSR count). The smallest absolute Gasteiger partial charge is 0.338 e. The van der Waals surface area contributed by atoms with E-state index in [0.29, 0.717) is 5.76 Å². The van der Waals surface area contributed by atoms with Crippen molar-refractivity contribution in [3.63, 3.8) is 0 Å². The molecule has 1 heterocycles.